The van der Waals surface area contributed by atoms with Gasteiger partial charge >= 0.3 is 0 Å². The first-order valence-electron chi connectivity index (χ1n) is 4.69. The highest BCUT2D eigenvalue weighted by Gasteiger charge is 2.19. The molecule has 0 atom stereocenters. The molecule has 0 heterocycles. The first-order chi connectivity index (χ1) is 7.97. The molecule has 0 aliphatic rings. The molecule has 1 aromatic rings. The average Bonchev–Trinajstić information content (AvgIpc) is 2.25. The molecule has 0 bridgehead atoms. The molecule has 0 fully saturated rings. The largest absolute Gasteiger partial charge is 0.369 e. The summed E-state index contributed by atoms with van der Waals surface area (Å²) < 4.78 is 27.0. The maximum absolute atomic E-state index is 13.5. The molecule has 0 aliphatic heterocycles. The summed E-state index contributed by atoms with van der Waals surface area (Å²) >= 11 is 0. The lowest BCUT2D eigenvalue weighted by Gasteiger charge is -2.18. The Bertz CT molecular complexity index is 462. The number of benzene rings is 1. The van der Waals surface area contributed by atoms with Crippen molar-refractivity contribution >= 4 is 11.4 Å². The topological polar surface area (TPSA) is 70.2 Å². The van der Waals surface area contributed by atoms with Crippen LogP contribution in [0.4, 0.5) is 20.2 Å². The lowest BCUT2D eigenvalue weighted by molar-refractivity contribution is -0.385. The van der Waals surface area contributed by atoms with Crippen LogP contribution in [-0.2, 0) is 0 Å². The minimum atomic E-state index is -1.02. The molecule has 1 rings (SSSR count). The lowest BCUT2D eigenvalue weighted by Crippen LogP contribution is -2.20. The third-order valence-corrected chi connectivity index (χ3v) is 2.15. The van der Waals surface area contributed by atoms with E-state index in [2.05, 4.69) is 0 Å². The fourth-order valence-electron chi connectivity index (χ4n) is 1.35. The summed E-state index contributed by atoms with van der Waals surface area (Å²) in [5.74, 6) is -2.03. The summed E-state index contributed by atoms with van der Waals surface area (Å²) in [6.07, 6.45) is 0.104. The van der Waals surface area contributed by atoms with Crippen molar-refractivity contribution in [3.63, 3.8) is 0 Å². The standard InChI is InChI=1S/C10H9F2N3O2/c1-14(4-2-3-13)10-8(11)5-7(15(16)17)6-9(10)12/h5-6H,2,4H2,1H3. The van der Waals surface area contributed by atoms with Crippen molar-refractivity contribution in [3.05, 3.63) is 33.9 Å². The number of hydrogen-bond donors (Lipinski definition) is 0. The van der Waals surface area contributed by atoms with Crippen LogP contribution in [0.15, 0.2) is 12.1 Å². The van der Waals surface area contributed by atoms with Gasteiger partial charge in [-0.05, 0) is 0 Å². The normalized spacial score (nSPS) is 9.76. The second kappa shape index (κ2) is 5.21. The summed E-state index contributed by atoms with van der Waals surface area (Å²) in [6.45, 7) is 0.141. The molecular weight excluding hydrogens is 232 g/mol. The summed E-state index contributed by atoms with van der Waals surface area (Å²) in [7, 11) is 1.41. The van der Waals surface area contributed by atoms with Crippen molar-refractivity contribution in [3.8, 4) is 6.07 Å². The molecule has 0 N–H and O–H groups in total. The highest BCUT2D eigenvalue weighted by molar-refractivity contribution is 5.53. The van der Waals surface area contributed by atoms with Gasteiger partial charge in [0.25, 0.3) is 5.69 Å². The van der Waals surface area contributed by atoms with Gasteiger partial charge < -0.3 is 4.90 Å². The fourth-order valence-corrected chi connectivity index (χ4v) is 1.35. The maximum Gasteiger partial charge on any atom is 0.275 e. The monoisotopic (exact) mass is 241 g/mol. The van der Waals surface area contributed by atoms with E-state index in [9.17, 15) is 18.9 Å². The molecule has 0 saturated heterocycles. The Hall–Kier alpha value is -2.23. The third kappa shape index (κ3) is 2.87. The zero-order chi connectivity index (χ0) is 13.0. The highest BCUT2D eigenvalue weighted by atomic mass is 19.1. The number of rotatable bonds is 4. The van der Waals surface area contributed by atoms with Gasteiger partial charge in [0.15, 0.2) is 11.6 Å². The lowest BCUT2D eigenvalue weighted by atomic mass is 10.2. The zero-order valence-electron chi connectivity index (χ0n) is 8.98. The second-order valence-electron chi connectivity index (χ2n) is 3.34. The minimum Gasteiger partial charge on any atom is -0.369 e. The van der Waals surface area contributed by atoms with Crippen molar-refractivity contribution in [1.29, 1.82) is 5.26 Å². The minimum absolute atomic E-state index is 0.104. The van der Waals surface area contributed by atoms with E-state index < -0.39 is 22.2 Å². The van der Waals surface area contributed by atoms with Gasteiger partial charge in [-0.3, -0.25) is 10.1 Å². The van der Waals surface area contributed by atoms with Crippen molar-refractivity contribution in [2.45, 2.75) is 6.42 Å². The highest BCUT2D eigenvalue weighted by Crippen LogP contribution is 2.27. The smallest absolute Gasteiger partial charge is 0.275 e. The molecule has 0 aromatic heterocycles. The van der Waals surface area contributed by atoms with E-state index in [0.717, 1.165) is 0 Å². The molecule has 90 valence electrons. The molecule has 0 amide bonds. The van der Waals surface area contributed by atoms with Gasteiger partial charge in [0.05, 0.1) is 29.5 Å². The van der Waals surface area contributed by atoms with E-state index in [-0.39, 0.29) is 18.7 Å². The molecular formula is C10H9F2N3O2. The van der Waals surface area contributed by atoms with Crippen molar-refractivity contribution < 1.29 is 13.7 Å². The van der Waals surface area contributed by atoms with Gasteiger partial charge in [0.1, 0.15) is 5.69 Å². The Morgan fingerprint density at radius 3 is 2.41 bits per heavy atom. The number of hydrogen-bond acceptors (Lipinski definition) is 4. The van der Waals surface area contributed by atoms with Crippen molar-refractivity contribution in [2.75, 3.05) is 18.5 Å². The van der Waals surface area contributed by atoms with Gasteiger partial charge in [-0.25, -0.2) is 8.78 Å². The molecule has 0 unspecified atom stereocenters. The van der Waals surface area contributed by atoms with Crippen LogP contribution >= 0.6 is 0 Å². The van der Waals surface area contributed by atoms with Crippen LogP contribution < -0.4 is 4.90 Å². The molecule has 0 radical (unpaired) electrons. The van der Waals surface area contributed by atoms with E-state index in [1.54, 1.807) is 0 Å². The number of non-ortho nitro benzene ring substituents is 1. The Morgan fingerprint density at radius 1 is 1.47 bits per heavy atom. The van der Waals surface area contributed by atoms with E-state index in [1.165, 1.54) is 11.9 Å². The quantitative estimate of drug-likeness (QED) is 0.598. The van der Waals surface area contributed by atoms with Gasteiger partial charge in [-0.15, -0.1) is 0 Å². The molecule has 0 saturated carbocycles. The van der Waals surface area contributed by atoms with Gasteiger partial charge in [-0.1, -0.05) is 0 Å². The first kappa shape index (κ1) is 12.8. The Kier molecular flexibility index (Phi) is 3.93. The van der Waals surface area contributed by atoms with Crippen LogP contribution in [0.25, 0.3) is 0 Å². The molecule has 0 spiro atoms. The van der Waals surface area contributed by atoms with Crippen LogP contribution in [0, 0.1) is 33.1 Å². The fraction of sp³-hybridized carbons (Fsp3) is 0.300. The van der Waals surface area contributed by atoms with Crippen LogP contribution in [-0.4, -0.2) is 18.5 Å². The number of nitro groups is 1. The molecule has 1 aromatic carbocycles. The number of nitriles is 1. The maximum atomic E-state index is 13.5. The number of anilines is 1. The second-order valence-corrected chi connectivity index (χ2v) is 3.34. The summed E-state index contributed by atoms with van der Waals surface area (Å²) in [4.78, 5) is 10.7. The molecule has 5 nitrogen and oxygen atoms in total. The predicted molar refractivity (Wildman–Crippen MR) is 56.5 cm³/mol. The zero-order valence-corrected chi connectivity index (χ0v) is 8.98. The summed E-state index contributed by atoms with van der Waals surface area (Å²) in [6, 6.07) is 3.15. The van der Waals surface area contributed by atoms with Gasteiger partial charge in [0, 0.05) is 13.6 Å². The number of nitro benzene ring substituents is 1. The molecule has 17 heavy (non-hydrogen) atoms. The first-order valence-corrected chi connectivity index (χ1v) is 4.69. The van der Waals surface area contributed by atoms with Gasteiger partial charge in [0.2, 0.25) is 0 Å². The van der Waals surface area contributed by atoms with E-state index >= 15 is 0 Å². The Balaban J connectivity index is 3.10. The van der Waals surface area contributed by atoms with E-state index in [4.69, 9.17) is 5.26 Å². The summed E-state index contributed by atoms with van der Waals surface area (Å²) in [5, 5.41) is 18.7. The SMILES string of the molecule is CN(CCC#N)c1c(F)cc([N+](=O)[O-])cc1F. The Morgan fingerprint density at radius 2 is 2.00 bits per heavy atom. The van der Waals surface area contributed by atoms with Crippen LogP contribution in [0.3, 0.4) is 0 Å². The van der Waals surface area contributed by atoms with Gasteiger partial charge in [-0.2, -0.15) is 5.26 Å². The average molecular weight is 241 g/mol. The van der Waals surface area contributed by atoms with Crippen molar-refractivity contribution in [1.82, 2.24) is 0 Å². The number of halogens is 2. The van der Waals surface area contributed by atoms with Crippen LogP contribution in [0.2, 0.25) is 0 Å². The van der Waals surface area contributed by atoms with Crippen molar-refractivity contribution in [2.24, 2.45) is 0 Å². The number of nitrogens with zero attached hydrogens (tertiary/aromatic N) is 3. The predicted octanol–water partition coefficient (Wildman–Crippen LogP) is 2.22. The van der Waals surface area contributed by atoms with E-state index in [0.29, 0.717) is 12.1 Å². The van der Waals surface area contributed by atoms with Crippen LogP contribution in [0.5, 0.6) is 0 Å². The summed E-state index contributed by atoms with van der Waals surface area (Å²) in [5.41, 5.74) is -1.01. The van der Waals surface area contributed by atoms with E-state index in [1.807, 2.05) is 6.07 Å². The molecule has 7 heteroatoms. The molecule has 0 aliphatic carbocycles. The van der Waals surface area contributed by atoms with Crippen LogP contribution in [0.1, 0.15) is 6.42 Å². The Labute approximate surface area is 96.0 Å². The third-order valence-electron chi connectivity index (χ3n) is 2.15.